The van der Waals surface area contributed by atoms with E-state index in [4.69, 9.17) is 4.74 Å². The molecule has 9 heteroatoms. The summed E-state index contributed by atoms with van der Waals surface area (Å²) >= 11 is 0. The van der Waals surface area contributed by atoms with Crippen LogP contribution in [0.3, 0.4) is 0 Å². The molecular formula is C38H33NO8. The largest absolute Gasteiger partial charge is 0.508 e. The van der Waals surface area contributed by atoms with Crippen molar-refractivity contribution in [2.45, 2.75) is 30.6 Å². The van der Waals surface area contributed by atoms with Crippen molar-refractivity contribution in [1.82, 2.24) is 4.90 Å². The van der Waals surface area contributed by atoms with Crippen molar-refractivity contribution in [3.63, 3.8) is 0 Å². The molecule has 1 saturated carbocycles. The van der Waals surface area contributed by atoms with Crippen LogP contribution in [0.1, 0.15) is 41.9 Å². The van der Waals surface area contributed by atoms with Gasteiger partial charge in [0.1, 0.15) is 11.5 Å². The number of aromatic hydroxyl groups is 1. The van der Waals surface area contributed by atoms with Crippen LogP contribution in [0.15, 0.2) is 96.6 Å². The van der Waals surface area contributed by atoms with Crippen molar-refractivity contribution in [1.29, 1.82) is 0 Å². The van der Waals surface area contributed by atoms with Crippen LogP contribution in [0, 0.1) is 23.7 Å². The van der Waals surface area contributed by atoms with E-state index in [-0.39, 0.29) is 43.1 Å². The van der Waals surface area contributed by atoms with E-state index < -0.39 is 52.8 Å². The predicted octanol–water partition coefficient (Wildman–Crippen LogP) is 4.70. The molecule has 2 fully saturated rings. The van der Waals surface area contributed by atoms with Gasteiger partial charge in [0.2, 0.25) is 11.8 Å². The van der Waals surface area contributed by atoms with Crippen LogP contribution in [-0.2, 0) is 29.4 Å². The summed E-state index contributed by atoms with van der Waals surface area (Å²) in [5, 5.41) is 19.7. The number of likely N-dealkylation sites (tertiary alicyclic amines) is 1. The molecule has 1 saturated heterocycles. The van der Waals surface area contributed by atoms with Gasteiger partial charge in [-0.2, -0.15) is 0 Å². The molecule has 0 aromatic heterocycles. The summed E-state index contributed by atoms with van der Waals surface area (Å²) < 4.78 is 5.78. The highest BCUT2D eigenvalue weighted by molar-refractivity contribution is 6.31. The zero-order valence-corrected chi connectivity index (χ0v) is 25.7. The first-order valence-electron chi connectivity index (χ1n) is 15.7. The second kappa shape index (κ2) is 11.5. The number of carboxylic acid groups (broad SMARTS) is 1. The van der Waals surface area contributed by atoms with E-state index in [1.54, 1.807) is 30.3 Å². The lowest BCUT2D eigenvalue weighted by Gasteiger charge is -2.55. The van der Waals surface area contributed by atoms with E-state index in [0.717, 1.165) is 10.5 Å². The first-order chi connectivity index (χ1) is 22.7. The van der Waals surface area contributed by atoms with Crippen molar-refractivity contribution in [2.24, 2.45) is 23.7 Å². The smallest absolute Gasteiger partial charge is 0.305 e. The number of amides is 2. The Balaban J connectivity index is 1.48. The minimum absolute atomic E-state index is 0.0381. The van der Waals surface area contributed by atoms with Crippen LogP contribution in [0.25, 0.3) is 5.57 Å². The molecule has 7 rings (SSSR count). The number of imide groups is 1. The Morgan fingerprint density at radius 1 is 0.936 bits per heavy atom. The second-order valence-electron chi connectivity index (χ2n) is 12.7. The van der Waals surface area contributed by atoms with Gasteiger partial charge in [-0.1, -0.05) is 78.4 Å². The molecule has 2 N–H and O–H groups in total. The standard InChI is InChI=1S/C38H33NO8/c1-47-30-18-23(40)12-13-25(30)34-24-14-15-26-33(37(46)39(36(26)45)17-16-32(42)43)28(24)19-29-35(44)27(21-8-4-2-5-9-21)20-31(41)38(29,34)22-10-6-3-7-11-22/h2-14,18,20,26,28-29,33-34,40H,15-17,19H2,1H3,(H,42,43)/t26-,28+,29-,33-,34+,38-/m0/s1. The molecule has 4 aliphatic rings. The summed E-state index contributed by atoms with van der Waals surface area (Å²) in [6.07, 6.45) is 3.38. The Morgan fingerprint density at radius 3 is 2.32 bits per heavy atom. The van der Waals surface area contributed by atoms with Gasteiger partial charge in [-0.05, 0) is 42.0 Å². The number of aliphatic carboxylic acids is 1. The summed E-state index contributed by atoms with van der Waals surface area (Å²) in [5.41, 5.74) is 1.46. The molecule has 0 spiro atoms. The van der Waals surface area contributed by atoms with Gasteiger partial charge in [-0.15, -0.1) is 0 Å². The van der Waals surface area contributed by atoms with Crippen LogP contribution in [0.5, 0.6) is 11.5 Å². The fourth-order valence-electron chi connectivity index (χ4n) is 8.65. The molecule has 2 amide bonds. The molecule has 9 nitrogen and oxygen atoms in total. The molecule has 238 valence electrons. The quantitative estimate of drug-likeness (QED) is 0.283. The van der Waals surface area contributed by atoms with Crippen LogP contribution in [0.4, 0.5) is 0 Å². The Bertz CT molecular complexity index is 1880. The van der Waals surface area contributed by atoms with E-state index in [9.17, 15) is 29.4 Å². The van der Waals surface area contributed by atoms with E-state index >= 15 is 4.79 Å². The third-order valence-electron chi connectivity index (χ3n) is 10.5. The third kappa shape index (κ3) is 4.55. The number of hydrogen-bond donors (Lipinski definition) is 2. The Kier molecular flexibility index (Phi) is 7.42. The van der Waals surface area contributed by atoms with Gasteiger partial charge in [0.15, 0.2) is 11.6 Å². The van der Waals surface area contributed by atoms with Crippen LogP contribution in [0.2, 0.25) is 0 Å². The number of rotatable bonds is 7. The van der Waals surface area contributed by atoms with Crippen molar-refractivity contribution in [3.8, 4) is 11.5 Å². The van der Waals surface area contributed by atoms with Crippen LogP contribution < -0.4 is 4.74 Å². The number of ketones is 2. The zero-order valence-electron chi connectivity index (χ0n) is 25.7. The first kappa shape index (κ1) is 30.3. The summed E-state index contributed by atoms with van der Waals surface area (Å²) in [4.78, 5) is 69.9. The molecule has 1 aliphatic heterocycles. The molecule has 6 atom stereocenters. The third-order valence-corrected chi connectivity index (χ3v) is 10.5. The average Bonchev–Trinajstić information content (AvgIpc) is 3.33. The average molecular weight is 632 g/mol. The summed E-state index contributed by atoms with van der Waals surface area (Å²) in [5.74, 6) is -5.99. The van der Waals surface area contributed by atoms with E-state index in [2.05, 4.69) is 0 Å². The molecule has 0 radical (unpaired) electrons. The number of nitrogens with zero attached hydrogens (tertiary/aromatic N) is 1. The lowest BCUT2D eigenvalue weighted by molar-refractivity contribution is -0.142. The fourth-order valence-corrected chi connectivity index (χ4v) is 8.65. The van der Waals surface area contributed by atoms with Gasteiger partial charge < -0.3 is 14.9 Å². The highest BCUT2D eigenvalue weighted by Crippen LogP contribution is 2.64. The van der Waals surface area contributed by atoms with E-state index in [1.165, 1.54) is 25.3 Å². The number of benzene rings is 3. The van der Waals surface area contributed by atoms with Gasteiger partial charge in [0.25, 0.3) is 0 Å². The maximum Gasteiger partial charge on any atom is 0.305 e. The van der Waals surface area contributed by atoms with Gasteiger partial charge in [0.05, 0.1) is 30.8 Å². The number of hydrogen-bond acceptors (Lipinski definition) is 7. The minimum Gasteiger partial charge on any atom is -0.508 e. The second-order valence-corrected chi connectivity index (χ2v) is 12.7. The molecule has 3 aromatic carbocycles. The zero-order chi connectivity index (χ0) is 33.0. The van der Waals surface area contributed by atoms with Gasteiger partial charge in [-0.25, -0.2) is 0 Å². The van der Waals surface area contributed by atoms with E-state index in [0.29, 0.717) is 28.0 Å². The van der Waals surface area contributed by atoms with Crippen LogP contribution >= 0.6 is 0 Å². The number of carboxylic acids is 1. The SMILES string of the molecule is COc1cc(O)ccc1[C@H]1C2=CC[C@@H]3C(=O)N(CCC(=O)O)C(=O)[C@@H]3[C@@H]2C[C@H]2C(=O)C(c3ccccc3)=CC(=O)[C@@]12c1ccccc1. The summed E-state index contributed by atoms with van der Waals surface area (Å²) in [7, 11) is 1.47. The van der Waals surface area contributed by atoms with Gasteiger partial charge in [0, 0.05) is 35.6 Å². The number of carbonyl (C=O) groups excluding carboxylic acids is 4. The van der Waals surface area contributed by atoms with E-state index in [1.807, 2.05) is 42.5 Å². The number of fused-ring (bicyclic) bond motifs is 4. The highest BCUT2D eigenvalue weighted by Gasteiger charge is 2.66. The summed E-state index contributed by atoms with van der Waals surface area (Å²) in [6.45, 7) is -0.229. The van der Waals surface area contributed by atoms with Gasteiger partial charge >= 0.3 is 5.97 Å². The van der Waals surface area contributed by atoms with Crippen LogP contribution in [-0.4, -0.2) is 58.1 Å². The number of methoxy groups -OCH3 is 1. The lowest BCUT2D eigenvalue weighted by atomic mass is 9.44. The molecule has 0 unspecified atom stereocenters. The fraction of sp³-hybridized carbons (Fsp3) is 0.289. The maximum atomic E-state index is 15.0. The Labute approximate surface area is 271 Å². The van der Waals surface area contributed by atoms with Crippen molar-refractivity contribution >= 4 is 34.9 Å². The molecule has 1 heterocycles. The lowest BCUT2D eigenvalue weighted by Crippen LogP contribution is -2.58. The van der Waals surface area contributed by atoms with Gasteiger partial charge in [-0.3, -0.25) is 28.9 Å². The normalized spacial score (nSPS) is 28.2. The van der Waals surface area contributed by atoms with Crippen molar-refractivity contribution in [3.05, 3.63) is 113 Å². The number of allylic oxidation sites excluding steroid dienone is 4. The number of carbonyl (C=O) groups is 5. The number of phenolic OH excluding ortho intramolecular Hbond substituents is 1. The Morgan fingerprint density at radius 2 is 1.64 bits per heavy atom. The highest BCUT2D eigenvalue weighted by atomic mass is 16.5. The minimum atomic E-state index is -1.43. The molecule has 0 bridgehead atoms. The molecule has 3 aliphatic carbocycles. The molecule has 47 heavy (non-hydrogen) atoms. The molecular weight excluding hydrogens is 598 g/mol. The van der Waals surface area contributed by atoms with Crippen molar-refractivity contribution in [2.75, 3.05) is 13.7 Å². The van der Waals surface area contributed by atoms with Crippen molar-refractivity contribution < 1.29 is 38.9 Å². The number of ether oxygens (including phenoxy) is 1. The maximum absolute atomic E-state index is 15.0. The summed E-state index contributed by atoms with van der Waals surface area (Å²) in [6, 6.07) is 22.9. The molecule has 3 aromatic rings. The number of Topliss-reactive ketones (excluding diaryl/α,β-unsaturated/α-hetero) is 1. The first-order valence-corrected chi connectivity index (χ1v) is 15.7. The topological polar surface area (TPSA) is 138 Å². The Hall–Kier alpha value is -5.31. The predicted molar refractivity (Wildman–Crippen MR) is 170 cm³/mol. The monoisotopic (exact) mass is 631 g/mol. The number of phenols is 1.